The van der Waals surface area contributed by atoms with E-state index in [4.69, 9.17) is 7.48 Å². The third-order valence-corrected chi connectivity index (χ3v) is 10.2. The van der Waals surface area contributed by atoms with Gasteiger partial charge in [0.15, 0.2) is 5.82 Å². The highest BCUT2D eigenvalue weighted by Crippen LogP contribution is 2.36. The Labute approximate surface area is 285 Å². The monoisotopic (exact) mass is 665 g/mol. The van der Waals surface area contributed by atoms with Crippen molar-refractivity contribution in [1.29, 1.82) is 0 Å². The minimum absolute atomic E-state index is 0.0991. The van der Waals surface area contributed by atoms with Crippen LogP contribution in [0, 0.1) is 0 Å². The lowest BCUT2D eigenvalue weighted by Gasteiger charge is -2.29. The Kier molecular flexibility index (Phi) is 8.04. The molecule has 48 heavy (non-hydrogen) atoms. The highest BCUT2D eigenvalue weighted by Gasteiger charge is 2.44. The molecular weight excluding hydrogens is 627 g/mol. The van der Waals surface area contributed by atoms with Gasteiger partial charge in [0.1, 0.15) is 16.8 Å². The van der Waals surface area contributed by atoms with E-state index in [9.17, 15) is 9.59 Å². The number of rotatable bonds is 9. The van der Waals surface area contributed by atoms with Gasteiger partial charge in [0.2, 0.25) is 17.7 Å². The van der Waals surface area contributed by atoms with Crippen LogP contribution in [0.15, 0.2) is 73.2 Å². The van der Waals surface area contributed by atoms with Crippen LogP contribution in [0.25, 0.3) is 39.1 Å². The number of anilines is 1. The van der Waals surface area contributed by atoms with E-state index in [1.165, 1.54) is 16.7 Å². The second kappa shape index (κ2) is 13.2. The smallest absolute Gasteiger partial charge is 0.241 e. The Balaban J connectivity index is 1.00. The summed E-state index contributed by atoms with van der Waals surface area (Å²) in [7, 11) is 3.39. The van der Waals surface area contributed by atoms with Gasteiger partial charge in [-0.15, -0.1) is 11.8 Å². The number of nitrogens with zero attached hydrogens (tertiary/aromatic N) is 7. The van der Waals surface area contributed by atoms with Crippen LogP contribution >= 0.6 is 11.8 Å². The summed E-state index contributed by atoms with van der Waals surface area (Å²) in [4.78, 5) is 39.1. The Morgan fingerprint density at radius 2 is 1.90 bits per heavy atom. The van der Waals surface area contributed by atoms with Crippen molar-refractivity contribution in [3.8, 4) is 28.5 Å². The predicted molar refractivity (Wildman–Crippen MR) is 187 cm³/mol. The van der Waals surface area contributed by atoms with Crippen molar-refractivity contribution in [2.75, 3.05) is 51.4 Å². The van der Waals surface area contributed by atoms with E-state index in [1.807, 2.05) is 67.9 Å². The molecule has 7 rings (SSSR count). The van der Waals surface area contributed by atoms with E-state index >= 15 is 0 Å². The summed E-state index contributed by atoms with van der Waals surface area (Å²) < 4.78 is 23.7. The van der Waals surface area contributed by atoms with Crippen molar-refractivity contribution < 1.29 is 17.1 Å². The van der Waals surface area contributed by atoms with Crippen molar-refractivity contribution in [1.82, 2.24) is 39.7 Å². The fourth-order valence-electron chi connectivity index (χ4n) is 6.15. The number of aryl methyl sites for hydroxylation is 1. The van der Waals surface area contributed by atoms with Crippen LogP contribution in [0.5, 0.6) is 5.88 Å². The number of methoxy groups -OCH3 is 1. The molecule has 0 unspecified atom stereocenters. The van der Waals surface area contributed by atoms with E-state index < -0.39 is 17.2 Å². The lowest BCUT2D eigenvalue weighted by Crippen LogP contribution is -2.45. The zero-order valence-electron chi connectivity index (χ0n) is 28.9. The van der Waals surface area contributed by atoms with Crippen LogP contribution in [0.3, 0.4) is 0 Å². The number of H-pyrrole nitrogens is 1. The van der Waals surface area contributed by atoms with Gasteiger partial charge in [0, 0.05) is 67.7 Å². The van der Waals surface area contributed by atoms with E-state index in [0.29, 0.717) is 49.0 Å². The number of pyridine rings is 1. The van der Waals surface area contributed by atoms with Crippen molar-refractivity contribution >= 4 is 45.7 Å². The number of aromatic amines is 1. The molecule has 0 aliphatic carbocycles. The molecular formula is C35H37N9O3S. The largest absolute Gasteiger partial charge is 0.481 e. The molecule has 13 heteroatoms. The lowest BCUT2D eigenvalue weighted by molar-refractivity contribution is -0.132. The van der Waals surface area contributed by atoms with Gasteiger partial charge in [0.05, 0.1) is 21.9 Å². The average molecular weight is 666 g/mol. The topological polar surface area (TPSA) is 134 Å². The van der Waals surface area contributed by atoms with Gasteiger partial charge in [0.25, 0.3) is 0 Å². The number of nitrogens with one attached hydrogen (secondary N) is 2. The molecule has 1 fully saturated rings. The number of likely N-dealkylation sites (tertiary alicyclic amines) is 1. The minimum Gasteiger partial charge on any atom is -0.481 e. The summed E-state index contributed by atoms with van der Waals surface area (Å²) in [6.45, 7) is -1.18. The molecule has 5 aromatic rings. The normalized spacial score (nSPS) is 19.1. The maximum absolute atomic E-state index is 13.8. The molecule has 0 bridgehead atoms. The lowest BCUT2D eigenvalue weighted by atomic mass is 9.98. The third kappa shape index (κ3) is 6.30. The van der Waals surface area contributed by atoms with Crippen molar-refractivity contribution in [2.45, 2.75) is 17.6 Å². The molecule has 1 atom stereocenters. The van der Waals surface area contributed by atoms with Gasteiger partial charge in [-0.2, -0.15) is 10.2 Å². The first-order chi connectivity index (χ1) is 24.1. The fraction of sp³-hybridized carbons (Fsp3) is 0.314. The maximum Gasteiger partial charge on any atom is 0.241 e. The van der Waals surface area contributed by atoms with Gasteiger partial charge >= 0.3 is 0 Å². The quantitative estimate of drug-likeness (QED) is 0.234. The first kappa shape index (κ1) is 29.2. The molecule has 2 amide bonds. The summed E-state index contributed by atoms with van der Waals surface area (Å²) in [6, 6.07) is 17.2. The second-order valence-corrected chi connectivity index (χ2v) is 13.1. The Morgan fingerprint density at radius 3 is 2.58 bits per heavy atom. The van der Waals surface area contributed by atoms with E-state index in [-0.39, 0.29) is 19.0 Å². The summed E-state index contributed by atoms with van der Waals surface area (Å²) >= 11 is 1.38. The Bertz CT molecular complexity index is 2080. The molecule has 2 aromatic carbocycles. The van der Waals surface area contributed by atoms with Gasteiger partial charge in [-0.25, -0.2) is 9.97 Å². The number of carbonyl (C=O) groups excluding carboxylic acids is 2. The second-order valence-electron chi connectivity index (χ2n) is 11.9. The van der Waals surface area contributed by atoms with Crippen LogP contribution in [0.4, 0.5) is 5.69 Å². The Morgan fingerprint density at radius 1 is 1.08 bits per heavy atom. The maximum atomic E-state index is 13.8. The molecule has 0 radical (unpaired) electrons. The van der Waals surface area contributed by atoms with E-state index in [1.54, 1.807) is 35.3 Å². The number of carbonyl (C=O) groups is 2. The predicted octanol–water partition coefficient (Wildman–Crippen LogP) is 4.49. The molecule has 3 aromatic heterocycles. The SMILES string of the molecule is [2H]C([2H])(C(=O)N1CC=C(c2ccc(-c3ncn(C)n3)cc2)CC1)N1CC[C@@](SC)(C(=O)Nc2ccc3[nH]nc(-c4ccc(OC)nc4)c3c2)C1. The minimum atomic E-state index is -2.27. The number of thioether (sulfide) groups is 1. The number of fused-ring (bicyclic) bond motifs is 1. The number of hydrogen-bond acceptors (Lipinski definition) is 9. The van der Waals surface area contributed by atoms with Gasteiger partial charge in [-0.1, -0.05) is 30.3 Å². The number of amides is 2. The number of ether oxygens (including phenoxy) is 1. The highest BCUT2D eigenvalue weighted by molar-refractivity contribution is 8.00. The van der Waals surface area contributed by atoms with Crippen molar-refractivity contribution in [2.24, 2.45) is 7.05 Å². The molecule has 5 heterocycles. The molecule has 12 nitrogen and oxygen atoms in total. The van der Waals surface area contributed by atoms with Crippen LogP contribution in [0.2, 0.25) is 0 Å². The van der Waals surface area contributed by atoms with Crippen LogP contribution in [-0.4, -0.2) is 102 Å². The van der Waals surface area contributed by atoms with E-state index in [0.717, 1.165) is 33.2 Å². The number of aromatic nitrogens is 6. The first-order valence-corrected chi connectivity index (χ1v) is 16.9. The van der Waals surface area contributed by atoms with Crippen LogP contribution in [0.1, 0.15) is 21.1 Å². The molecule has 2 N–H and O–H groups in total. The molecule has 2 aliphatic heterocycles. The van der Waals surface area contributed by atoms with Crippen molar-refractivity contribution in [3.63, 3.8) is 0 Å². The van der Waals surface area contributed by atoms with E-state index in [2.05, 4.69) is 30.6 Å². The fourth-order valence-corrected chi connectivity index (χ4v) is 6.96. The summed E-state index contributed by atoms with van der Waals surface area (Å²) in [5, 5.41) is 15.7. The molecule has 0 spiro atoms. The van der Waals surface area contributed by atoms with Gasteiger partial charge in [-0.3, -0.25) is 24.3 Å². The molecule has 246 valence electrons. The van der Waals surface area contributed by atoms with Crippen LogP contribution in [-0.2, 0) is 16.6 Å². The molecule has 2 aliphatic rings. The van der Waals surface area contributed by atoms with Gasteiger partial charge in [-0.05, 0) is 54.5 Å². The zero-order valence-corrected chi connectivity index (χ0v) is 27.8. The summed E-state index contributed by atoms with van der Waals surface area (Å²) in [5.74, 6) is 0.336. The zero-order chi connectivity index (χ0) is 35.0. The van der Waals surface area contributed by atoms with Gasteiger partial charge < -0.3 is 15.0 Å². The number of hydrogen-bond donors (Lipinski definition) is 2. The van der Waals surface area contributed by atoms with Crippen LogP contribution < -0.4 is 10.1 Å². The third-order valence-electron chi connectivity index (χ3n) is 8.94. The summed E-state index contributed by atoms with van der Waals surface area (Å²) in [6.07, 6.45) is 8.20. The molecule has 1 saturated heterocycles. The Hall–Kier alpha value is -5.01. The van der Waals surface area contributed by atoms with Crippen molar-refractivity contribution in [3.05, 3.63) is 78.8 Å². The average Bonchev–Trinajstić information content (AvgIpc) is 3.91. The summed E-state index contributed by atoms with van der Waals surface area (Å²) in [5.41, 5.74) is 5.98. The molecule has 0 saturated carbocycles. The number of benzene rings is 2. The first-order valence-electron chi connectivity index (χ1n) is 16.7. The standard InChI is InChI=1S/C35H37N9O3S/c1-42-22-37-33(41-42)25-6-4-23(5-7-25)24-12-15-44(16-13-24)31(45)20-43-17-14-35(21-43,48-3)34(46)38-27-9-10-29-28(18-27)32(40-39-29)26-8-11-30(47-2)36-19-26/h4-12,18-19,22H,13-17,20-21H2,1-3H3,(H,38,46)(H,39,40)/t35-/m0/s1/i20D2. The highest BCUT2D eigenvalue weighted by atomic mass is 32.2.